The van der Waals surface area contributed by atoms with Crippen LogP contribution in [0.4, 0.5) is 0 Å². The van der Waals surface area contributed by atoms with Crippen molar-refractivity contribution in [3.05, 3.63) is 108 Å². The van der Waals surface area contributed by atoms with Gasteiger partial charge in [0.1, 0.15) is 0 Å². The van der Waals surface area contributed by atoms with Crippen molar-refractivity contribution in [2.75, 3.05) is 26.0 Å². The number of likely N-dealkylation sites (tertiary alicyclic amines) is 1. The zero-order valence-corrected chi connectivity index (χ0v) is 19.4. The molecule has 1 aliphatic rings. The largest absolute Gasteiger partial charge is 0.286 e. The molecular weight excluding hydrogens is 418 g/mol. The van der Waals surface area contributed by atoms with Crippen molar-refractivity contribution in [1.29, 1.82) is 0 Å². The summed E-state index contributed by atoms with van der Waals surface area (Å²) in [6.45, 7) is 2.13. The minimum Gasteiger partial charge on any atom is -0.286 e. The van der Waals surface area contributed by atoms with E-state index < -0.39 is 10.1 Å². The smallest absolute Gasteiger partial charge is 0.264 e. The fraction of sp³-hybridized carbons (Fsp3) is 0.333. The van der Waals surface area contributed by atoms with E-state index in [0.29, 0.717) is 5.92 Å². The van der Waals surface area contributed by atoms with Crippen LogP contribution < -0.4 is 0 Å². The Morgan fingerprint density at radius 1 is 0.781 bits per heavy atom. The summed E-state index contributed by atoms with van der Waals surface area (Å²) in [5, 5.41) is 0. The van der Waals surface area contributed by atoms with Crippen molar-refractivity contribution >= 4 is 10.1 Å². The Balaban J connectivity index is 1.68. The Kier molecular flexibility index (Phi) is 7.09. The zero-order chi connectivity index (χ0) is 22.4. The first-order valence-corrected chi connectivity index (χ1v) is 13.1. The second-order valence-electron chi connectivity index (χ2n) is 8.55. The summed E-state index contributed by atoms with van der Waals surface area (Å²) in [5.74, 6) is 0.466. The van der Waals surface area contributed by atoms with E-state index in [9.17, 15) is 8.42 Å². The molecule has 5 heteroatoms. The van der Waals surface area contributed by atoms with Crippen molar-refractivity contribution < 1.29 is 12.6 Å². The highest BCUT2D eigenvalue weighted by atomic mass is 32.2. The normalized spacial score (nSPS) is 16.2. The minimum atomic E-state index is -3.38. The number of benzene rings is 3. The van der Waals surface area contributed by atoms with Gasteiger partial charge in [0, 0.05) is 0 Å². The van der Waals surface area contributed by atoms with Crippen LogP contribution in [0.1, 0.15) is 36.0 Å². The summed E-state index contributed by atoms with van der Waals surface area (Å²) in [5.41, 5.74) is 3.40. The van der Waals surface area contributed by atoms with E-state index in [1.807, 2.05) is 0 Å². The second-order valence-corrected chi connectivity index (χ2v) is 10.2. The molecule has 0 aromatic heterocycles. The fourth-order valence-corrected chi connectivity index (χ4v) is 5.41. The lowest BCUT2D eigenvalue weighted by atomic mass is 9.74. The summed E-state index contributed by atoms with van der Waals surface area (Å²) >= 11 is 0. The van der Waals surface area contributed by atoms with Gasteiger partial charge in [-0.15, -0.1) is 0 Å². The minimum absolute atomic E-state index is 0.269. The van der Waals surface area contributed by atoms with Gasteiger partial charge in [0.15, 0.2) is 0 Å². The maximum absolute atomic E-state index is 11.3. The highest BCUT2D eigenvalue weighted by molar-refractivity contribution is 7.85. The molecule has 32 heavy (non-hydrogen) atoms. The summed E-state index contributed by atoms with van der Waals surface area (Å²) in [6, 6.07) is 32.3. The van der Waals surface area contributed by atoms with Crippen LogP contribution in [0.2, 0.25) is 0 Å². The topological polar surface area (TPSA) is 46.6 Å². The van der Waals surface area contributed by atoms with Crippen LogP contribution in [-0.2, 0) is 19.8 Å². The first kappa shape index (κ1) is 22.7. The summed E-state index contributed by atoms with van der Waals surface area (Å²) in [6.07, 6.45) is 3.92. The highest BCUT2D eigenvalue weighted by Gasteiger charge is 2.43. The number of hydrogen-bond donors (Lipinski definition) is 0. The molecule has 3 aromatic carbocycles. The molecule has 1 aliphatic heterocycles. The van der Waals surface area contributed by atoms with E-state index >= 15 is 0 Å². The van der Waals surface area contributed by atoms with Crippen LogP contribution in [0, 0.1) is 5.92 Å². The summed E-state index contributed by atoms with van der Waals surface area (Å²) in [4.78, 5) is 2.60. The third-order valence-electron chi connectivity index (χ3n) is 6.49. The molecule has 0 spiro atoms. The van der Waals surface area contributed by atoms with Gasteiger partial charge in [-0.1, -0.05) is 91.0 Å². The van der Waals surface area contributed by atoms with E-state index in [1.54, 1.807) is 0 Å². The van der Waals surface area contributed by atoms with Gasteiger partial charge in [0.2, 0.25) is 0 Å². The van der Waals surface area contributed by atoms with Crippen molar-refractivity contribution in [3.8, 4) is 0 Å². The van der Waals surface area contributed by atoms with Crippen LogP contribution in [0.25, 0.3) is 0 Å². The van der Waals surface area contributed by atoms with Gasteiger partial charge in [-0.2, -0.15) is 8.42 Å². The molecule has 1 heterocycles. The van der Waals surface area contributed by atoms with Crippen LogP contribution in [-0.4, -0.2) is 39.3 Å². The summed E-state index contributed by atoms with van der Waals surface area (Å²) in [7, 11) is -3.38. The van der Waals surface area contributed by atoms with Crippen LogP contribution in [0.3, 0.4) is 0 Å². The van der Waals surface area contributed by atoms with Gasteiger partial charge in [-0.05, 0) is 55.0 Å². The highest BCUT2D eigenvalue weighted by Crippen LogP contribution is 2.44. The Morgan fingerprint density at radius 3 is 1.56 bits per heavy atom. The number of piperidine rings is 1. The molecule has 1 fully saturated rings. The molecule has 0 atom stereocenters. The third kappa shape index (κ3) is 4.96. The summed E-state index contributed by atoms with van der Waals surface area (Å²) < 4.78 is 27.6. The lowest BCUT2D eigenvalue weighted by molar-refractivity contribution is 0.0943. The van der Waals surface area contributed by atoms with Crippen LogP contribution in [0.5, 0.6) is 0 Å². The molecule has 0 saturated carbocycles. The molecule has 0 unspecified atom stereocenters. The molecular formula is C27H31NO3S. The average molecular weight is 450 g/mol. The first-order valence-electron chi connectivity index (χ1n) is 11.3. The molecule has 0 amide bonds. The predicted molar refractivity (Wildman–Crippen MR) is 129 cm³/mol. The van der Waals surface area contributed by atoms with Gasteiger partial charge in [0.25, 0.3) is 10.1 Å². The molecule has 3 aromatic rings. The third-order valence-corrected chi connectivity index (χ3v) is 7.08. The predicted octanol–water partition coefficient (Wildman–Crippen LogP) is 5.06. The van der Waals surface area contributed by atoms with Gasteiger partial charge < -0.3 is 0 Å². The molecule has 0 aliphatic carbocycles. The van der Waals surface area contributed by atoms with E-state index in [4.69, 9.17) is 4.18 Å². The van der Waals surface area contributed by atoms with E-state index in [0.717, 1.165) is 38.6 Å². The fourth-order valence-electron chi connectivity index (χ4n) is 5.01. The van der Waals surface area contributed by atoms with Gasteiger partial charge >= 0.3 is 0 Å². The van der Waals surface area contributed by atoms with E-state index in [-0.39, 0.29) is 12.1 Å². The van der Waals surface area contributed by atoms with Crippen molar-refractivity contribution in [3.63, 3.8) is 0 Å². The van der Waals surface area contributed by atoms with Crippen molar-refractivity contribution in [2.45, 2.75) is 24.8 Å². The number of nitrogens with zero attached hydrogens (tertiary/aromatic N) is 1. The molecule has 4 rings (SSSR count). The maximum atomic E-state index is 11.3. The molecule has 1 saturated heterocycles. The van der Waals surface area contributed by atoms with Gasteiger partial charge in [0.05, 0.1) is 18.4 Å². The molecule has 0 bridgehead atoms. The number of hydrogen-bond acceptors (Lipinski definition) is 4. The number of rotatable bonds is 8. The maximum Gasteiger partial charge on any atom is 0.264 e. The molecule has 168 valence electrons. The lowest BCUT2D eigenvalue weighted by Crippen LogP contribution is -2.51. The van der Waals surface area contributed by atoms with E-state index in [1.165, 1.54) is 16.7 Å². The van der Waals surface area contributed by atoms with Crippen LogP contribution in [0.15, 0.2) is 91.0 Å². The SMILES string of the molecule is CS(=O)(=O)OCCC1CCN(C(c2ccccc2)(c2ccccc2)c2ccccc2)CC1. The Bertz CT molecular complexity index is 981. The monoisotopic (exact) mass is 449 g/mol. The standard InChI is InChI=1S/C27H31NO3S/c1-32(29,30)31-22-19-23-17-20-28(21-18-23)27(24-11-5-2-6-12-24,25-13-7-3-8-14-25)26-15-9-4-10-16-26/h2-16,23H,17-22H2,1H3. The second kappa shape index (κ2) is 9.99. The van der Waals surface area contributed by atoms with Crippen molar-refractivity contribution in [1.82, 2.24) is 4.90 Å². The lowest BCUT2D eigenvalue weighted by Gasteiger charge is -2.48. The molecule has 4 nitrogen and oxygen atoms in total. The van der Waals surface area contributed by atoms with Gasteiger partial charge in [-0.3, -0.25) is 9.08 Å². The Morgan fingerprint density at radius 2 is 1.19 bits per heavy atom. The zero-order valence-electron chi connectivity index (χ0n) is 18.6. The first-order chi connectivity index (χ1) is 15.5. The van der Waals surface area contributed by atoms with E-state index in [2.05, 4.69) is 95.9 Å². The molecule has 0 radical (unpaired) electrons. The molecule has 0 N–H and O–H groups in total. The van der Waals surface area contributed by atoms with Gasteiger partial charge in [-0.25, -0.2) is 0 Å². The Hall–Kier alpha value is -2.47. The average Bonchev–Trinajstić information content (AvgIpc) is 2.82. The van der Waals surface area contributed by atoms with Crippen LogP contribution >= 0.6 is 0 Å². The quantitative estimate of drug-likeness (QED) is 0.356. The Labute approximate surface area is 192 Å². The van der Waals surface area contributed by atoms with Crippen molar-refractivity contribution in [2.24, 2.45) is 5.92 Å².